The van der Waals surface area contributed by atoms with Gasteiger partial charge >= 0.3 is 0 Å². The fourth-order valence-electron chi connectivity index (χ4n) is 2.62. The van der Waals surface area contributed by atoms with Gasteiger partial charge in [0.25, 0.3) is 0 Å². The van der Waals surface area contributed by atoms with E-state index in [1.807, 2.05) is 12.1 Å². The van der Waals surface area contributed by atoms with Gasteiger partial charge in [-0.1, -0.05) is 18.2 Å². The summed E-state index contributed by atoms with van der Waals surface area (Å²) in [4.78, 5) is 0. The molecule has 1 unspecified atom stereocenters. The molecule has 1 aromatic heterocycles. The highest BCUT2D eigenvalue weighted by Gasteiger charge is 2.34. The zero-order chi connectivity index (χ0) is 12.4. The molecule has 3 heteroatoms. The quantitative estimate of drug-likeness (QED) is 0.920. The number of rotatable bonds is 3. The second-order valence-electron chi connectivity index (χ2n) is 5.09. The van der Waals surface area contributed by atoms with Crippen LogP contribution in [-0.4, -0.2) is 13.2 Å². The first-order valence-electron chi connectivity index (χ1n) is 6.23. The Morgan fingerprint density at radius 3 is 2.94 bits per heavy atom. The lowest BCUT2D eigenvalue weighted by atomic mass is 9.76. The molecular formula is C15H17NOS. The molecule has 0 fully saturated rings. The molecule has 0 radical (unpaired) electrons. The summed E-state index contributed by atoms with van der Waals surface area (Å²) in [6, 6.07) is 10.5. The van der Waals surface area contributed by atoms with Crippen LogP contribution in [0.5, 0.6) is 5.75 Å². The first-order chi connectivity index (χ1) is 8.81. The molecule has 0 spiro atoms. The number of benzene rings is 1. The minimum atomic E-state index is 0.0510. The number of thiophene rings is 1. The second kappa shape index (κ2) is 4.75. The van der Waals surface area contributed by atoms with Gasteiger partial charge in [-0.3, -0.25) is 0 Å². The predicted octanol–water partition coefficient (Wildman–Crippen LogP) is 2.87. The Hall–Kier alpha value is -1.32. The van der Waals surface area contributed by atoms with E-state index in [-0.39, 0.29) is 5.41 Å². The van der Waals surface area contributed by atoms with E-state index in [0.717, 1.165) is 25.2 Å². The van der Waals surface area contributed by atoms with Crippen molar-refractivity contribution in [3.8, 4) is 5.75 Å². The molecule has 94 valence electrons. The van der Waals surface area contributed by atoms with Crippen LogP contribution >= 0.6 is 11.3 Å². The zero-order valence-corrected chi connectivity index (χ0v) is 11.1. The van der Waals surface area contributed by atoms with Gasteiger partial charge in [-0.05, 0) is 46.9 Å². The van der Waals surface area contributed by atoms with Crippen molar-refractivity contribution in [1.82, 2.24) is 0 Å². The van der Waals surface area contributed by atoms with Crippen LogP contribution in [0.15, 0.2) is 41.1 Å². The van der Waals surface area contributed by atoms with E-state index < -0.39 is 0 Å². The molecule has 2 N–H and O–H groups in total. The molecule has 0 saturated heterocycles. The van der Waals surface area contributed by atoms with E-state index in [4.69, 9.17) is 10.5 Å². The molecule has 18 heavy (non-hydrogen) atoms. The molecule has 0 saturated carbocycles. The normalized spacial score (nSPS) is 22.3. The third kappa shape index (κ3) is 2.16. The van der Waals surface area contributed by atoms with Crippen LogP contribution in [0.4, 0.5) is 0 Å². The van der Waals surface area contributed by atoms with Crippen molar-refractivity contribution < 1.29 is 4.74 Å². The number of para-hydroxylation sites is 1. The minimum absolute atomic E-state index is 0.0510. The number of hydrogen-bond donors (Lipinski definition) is 1. The Morgan fingerprint density at radius 2 is 2.17 bits per heavy atom. The number of ether oxygens (including phenoxy) is 1. The van der Waals surface area contributed by atoms with Crippen molar-refractivity contribution in [2.24, 2.45) is 11.1 Å². The van der Waals surface area contributed by atoms with E-state index in [2.05, 4.69) is 29.0 Å². The highest BCUT2D eigenvalue weighted by molar-refractivity contribution is 7.07. The molecule has 0 aliphatic carbocycles. The van der Waals surface area contributed by atoms with Gasteiger partial charge in [-0.25, -0.2) is 0 Å². The van der Waals surface area contributed by atoms with Gasteiger partial charge in [0, 0.05) is 12.0 Å². The summed E-state index contributed by atoms with van der Waals surface area (Å²) in [5, 5.41) is 4.33. The lowest BCUT2D eigenvalue weighted by Crippen LogP contribution is -2.43. The maximum Gasteiger partial charge on any atom is 0.122 e. The molecule has 0 bridgehead atoms. The SMILES string of the molecule is NCC1(Cc2ccsc2)COc2ccccc2C1. The largest absolute Gasteiger partial charge is 0.493 e. The predicted molar refractivity (Wildman–Crippen MR) is 75.2 cm³/mol. The summed E-state index contributed by atoms with van der Waals surface area (Å²) < 4.78 is 5.90. The zero-order valence-electron chi connectivity index (χ0n) is 10.3. The van der Waals surface area contributed by atoms with Crippen molar-refractivity contribution in [2.75, 3.05) is 13.2 Å². The number of fused-ring (bicyclic) bond motifs is 1. The van der Waals surface area contributed by atoms with Crippen molar-refractivity contribution >= 4 is 11.3 Å². The fraction of sp³-hybridized carbons (Fsp3) is 0.333. The fourth-order valence-corrected chi connectivity index (χ4v) is 3.29. The van der Waals surface area contributed by atoms with E-state index in [0.29, 0.717) is 6.54 Å². The van der Waals surface area contributed by atoms with Crippen LogP contribution in [0, 0.1) is 5.41 Å². The molecule has 2 heterocycles. The summed E-state index contributed by atoms with van der Waals surface area (Å²) in [7, 11) is 0. The maximum absolute atomic E-state index is 6.04. The Labute approximate surface area is 111 Å². The highest BCUT2D eigenvalue weighted by Crippen LogP contribution is 2.36. The molecule has 2 aromatic rings. The van der Waals surface area contributed by atoms with E-state index >= 15 is 0 Å². The third-order valence-corrected chi connectivity index (χ3v) is 4.40. The van der Waals surface area contributed by atoms with Crippen molar-refractivity contribution in [3.05, 3.63) is 52.2 Å². The Balaban J connectivity index is 1.86. The van der Waals surface area contributed by atoms with Gasteiger partial charge < -0.3 is 10.5 Å². The van der Waals surface area contributed by atoms with Gasteiger partial charge in [0.05, 0.1) is 6.61 Å². The average Bonchev–Trinajstić information content (AvgIpc) is 2.91. The molecule has 3 rings (SSSR count). The number of hydrogen-bond acceptors (Lipinski definition) is 3. The van der Waals surface area contributed by atoms with E-state index in [1.54, 1.807) is 11.3 Å². The van der Waals surface area contributed by atoms with Crippen molar-refractivity contribution in [3.63, 3.8) is 0 Å². The smallest absolute Gasteiger partial charge is 0.122 e. The van der Waals surface area contributed by atoms with Crippen LogP contribution in [0.2, 0.25) is 0 Å². The van der Waals surface area contributed by atoms with Gasteiger partial charge in [0.15, 0.2) is 0 Å². The Kier molecular flexibility index (Phi) is 3.10. The van der Waals surface area contributed by atoms with Gasteiger partial charge in [-0.2, -0.15) is 11.3 Å². The van der Waals surface area contributed by atoms with Crippen molar-refractivity contribution in [2.45, 2.75) is 12.8 Å². The molecule has 1 aliphatic rings. The van der Waals surface area contributed by atoms with E-state index in [1.165, 1.54) is 11.1 Å². The summed E-state index contributed by atoms with van der Waals surface area (Å²) in [5.41, 5.74) is 8.74. The summed E-state index contributed by atoms with van der Waals surface area (Å²) in [5.74, 6) is 1.02. The van der Waals surface area contributed by atoms with Gasteiger partial charge in [-0.15, -0.1) is 0 Å². The minimum Gasteiger partial charge on any atom is -0.493 e. The third-order valence-electron chi connectivity index (χ3n) is 3.66. The lowest BCUT2D eigenvalue weighted by molar-refractivity contribution is 0.126. The summed E-state index contributed by atoms with van der Waals surface area (Å²) >= 11 is 1.74. The Morgan fingerprint density at radius 1 is 1.28 bits per heavy atom. The standard InChI is InChI=1S/C15H17NOS/c16-10-15(7-12-5-6-18-9-12)8-13-3-1-2-4-14(13)17-11-15/h1-6,9H,7-8,10-11,16H2. The van der Waals surface area contributed by atoms with Gasteiger partial charge in [0.1, 0.15) is 5.75 Å². The van der Waals surface area contributed by atoms with E-state index in [9.17, 15) is 0 Å². The van der Waals surface area contributed by atoms with Crippen LogP contribution < -0.4 is 10.5 Å². The summed E-state index contributed by atoms with van der Waals surface area (Å²) in [6.45, 7) is 1.38. The van der Waals surface area contributed by atoms with Crippen LogP contribution in [-0.2, 0) is 12.8 Å². The number of nitrogens with two attached hydrogens (primary N) is 1. The molecule has 2 nitrogen and oxygen atoms in total. The lowest BCUT2D eigenvalue weighted by Gasteiger charge is -2.37. The molecule has 0 amide bonds. The molecular weight excluding hydrogens is 242 g/mol. The van der Waals surface area contributed by atoms with Crippen LogP contribution in [0.3, 0.4) is 0 Å². The first-order valence-corrected chi connectivity index (χ1v) is 7.17. The molecule has 1 aromatic carbocycles. The second-order valence-corrected chi connectivity index (χ2v) is 5.87. The molecule has 1 aliphatic heterocycles. The first kappa shape index (κ1) is 11.8. The van der Waals surface area contributed by atoms with Crippen molar-refractivity contribution in [1.29, 1.82) is 0 Å². The van der Waals surface area contributed by atoms with Crippen LogP contribution in [0.1, 0.15) is 11.1 Å². The van der Waals surface area contributed by atoms with Gasteiger partial charge in [0.2, 0.25) is 0 Å². The topological polar surface area (TPSA) is 35.2 Å². The average molecular weight is 259 g/mol. The molecule has 1 atom stereocenters. The van der Waals surface area contributed by atoms with Crippen LogP contribution in [0.25, 0.3) is 0 Å². The Bertz CT molecular complexity index is 523. The monoisotopic (exact) mass is 259 g/mol. The summed E-state index contributed by atoms with van der Waals surface area (Å²) in [6.07, 6.45) is 2.01. The highest BCUT2D eigenvalue weighted by atomic mass is 32.1. The maximum atomic E-state index is 6.04.